The second-order valence-electron chi connectivity index (χ2n) is 4.81. The topological polar surface area (TPSA) is 35.2 Å². The zero-order valence-electron chi connectivity index (χ0n) is 10.8. The summed E-state index contributed by atoms with van der Waals surface area (Å²) in [6, 6.07) is 8.12. The van der Waals surface area contributed by atoms with Crippen molar-refractivity contribution in [1.82, 2.24) is 0 Å². The normalized spacial score (nSPS) is 11.2. The summed E-state index contributed by atoms with van der Waals surface area (Å²) in [4.78, 5) is 0.546. The first-order valence-corrected chi connectivity index (χ1v) is 6.39. The Balaban J connectivity index is 2.54. The van der Waals surface area contributed by atoms with Crippen LogP contribution in [-0.2, 0) is 6.42 Å². The molecular formula is C14H21NOS. The minimum atomic E-state index is -0.142. The van der Waals surface area contributed by atoms with E-state index in [1.165, 1.54) is 5.56 Å². The van der Waals surface area contributed by atoms with Gasteiger partial charge in [0.15, 0.2) is 0 Å². The van der Waals surface area contributed by atoms with Crippen molar-refractivity contribution in [3.8, 4) is 5.75 Å². The summed E-state index contributed by atoms with van der Waals surface area (Å²) in [7, 11) is 0. The molecule has 0 fully saturated rings. The maximum atomic E-state index is 5.80. The van der Waals surface area contributed by atoms with Crippen molar-refractivity contribution in [2.75, 3.05) is 6.61 Å². The van der Waals surface area contributed by atoms with Gasteiger partial charge in [0.25, 0.3) is 0 Å². The fourth-order valence-corrected chi connectivity index (χ4v) is 1.58. The van der Waals surface area contributed by atoms with Crippen LogP contribution < -0.4 is 10.5 Å². The maximum Gasteiger partial charge on any atom is 0.122 e. The highest BCUT2D eigenvalue weighted by Gasteiger charge is 2.21. The Morgan fingerprint density at radius 3 is 2.59 bits per heavy atom. The van der Waals surface area contributed by atoms with Crippen LogP contribution in [0.15, 0.2) is 24.3 Å². The molecule has 1 aromatic carbocycles. The first-order valence-electron chi connectivity index (χ1n) is 5.98. The molecule has 2 N–H and O–H groups in total. The third kappa shape index (κ3) is 4.00. The van der Waals surface area contributed by atoms with Crippen LogP contribution >= 0.6 is 12.2 Å². The highest BCUT2D eigenvalue weighted by molar-refractivity contribution is 7.80. The molecule has 0 bridgehead atoms. The number of aryl methyl sites for hydroxylation is 1. The van der Waals surface area contributed by atoms with Gasteiger partial charge in [-0.25, -0.2) is 0 Å². The molecule has 0 saturated heterocycles. The second-order valence-corrected chi connectivity index (χ2v) is 5.25. The van der Waals surface area contributed by atoms with Crippen LogP contribution in [0.4, 0.5) is 0 Å². The van der Waals surface area contributed by atoms with Crippen molar-refractivity contribution in [2.24, 2.45) is 11.1 Å². The molecular weight excluding hydrogens is 230 g/mol. The van der Waals surface area contributed by atoms with Crippen LogP contribution in [0.1, 0.15) is 32.8 Å². The molecule has 94 valence electrons. The first-order chi connectivity index (χ1) is 7.97. The molecule has 0 aliphatic carbocycles. The van der Waals surface area contributed by atoms with E-state index in [9.17, 15) is 0 Å². The highest BCUT2D eigenvalue weighted by Crippen LogP contribution is 2.23. The van der Waals surface area contributed by atoms with Crippen LogP contribution in [0.2, 0.25) is 0 Å². The van der Waals surface area contributed by atoms with Gasteiger partial charge in [0.2, 0.25) is 0 Å². The lowest BCUT2D eigenvalue weighted by Crippen LogP contribution is -2.31. The van der Waals surface area contributed by atoms with E-state index < -0.39 is 0 Å². The Bertz CT molecular complexity index is 388. The zero-order valence-corrected chi connectivity index (χ0v) is 11.6. The van der Waals surface area contributed by atoms with Crippen LogP contribution in [0.3, 0.4) is 0 Å². The van der Waals surface area contributed by atoms with E-state index in [0.717, 1.165) is 18.6 Å². The van der Waals surface area contributed by atoms with Gasteiger partial charge in [-0.2, -0.15) is 0 Å². The standard InChI is InChI=1S/C14H21NOS/c1-4-11-7-5-6-8-12(11)16-10-9-14(2,3)13(15)17/h5-8H,4,9-10H2,1-3H3,(H2,15,17). The van der Waals surface area contributed by atoms with E-state index in [4.69, 9.17) is 22.7 Å². The Morgan fingerprint density at radius 1 is 1.35 bits per heavy atom. The van der Waals surface area contributed by atoms with Gasteiger partial charge >= 0.3 is 0 Å². The van der Waals surface area contributed by atoms with Crippen LogP contribution in [0, 0.1) is 5.41 Å². The molecule has 0 spiro atoms. The molecule has 0 aromatic heterocycles. The Labute approximate surface area is 109 Å². The Morgan fingerprint density at radius 2 is 2.00 bits per heavy atom. The lowest BCUT2D eigenvalue weighted by Gasteiger charge is -2.23. The number of rotatable bonds is 6. The summed E-state index contributed by atoms with van der Waals surface area (Å²) < 4.78 is 5.80. The van der Waals surface area contributed by atoms with Crippen molar-refractivity contribution < 1.29 is 4.74 Å². The third-order valence-corrected chi connectivity index (χ3v) is 3.56. The summed E-state index contributed by atoms with van der Waals surface area (Å²) in [6.07, 6.45) is 1.81. The molecule has 0 radical (unpaired) electrons. The first kappa shape index (κ1) is 14.0. The van der Waals surface area contributed by atoms with Crippen LogP contribution in [0.25, 0.3) is 0 Å². The van der Waals surface area contributed by atoms with Crippen LogP contribution in [0.5, 0.6) is 5.75 Å². The predicted molar refractivity (Wildman–Crippen MR) is 76.5 cm³/mol. The summed E-state index contributed by atoms with van der Waals surface area (Å²) in [6.45, 7) is 6.86. The summed E-state index contributed by atoms with van der Waals surface area (Å²) in [5.74, 6) is 0.966. The van der Waals surface area contributed by atoms with Gasteiger partial charge in [-0.05, 0) is 24.5 Å². The number of hydrogen-bond acceptors (Lipinski definition) is 2. The molecule has 0 unspecified atom stereocenters. The number of thiocarbonyl (C=S) groups is 1. The van der Waals surface area contributed by atoms with Gasteiger partial charge in [-0.1, -0.05) is 51.2 Å². The summed E-state index contributed by atoms with van der Waals surface area (Å²) in [5, 5.41) is 0. The molecule has 0 atom stereocenters. The smallest absolute Gasteiger partial charge is 0.122 e. The minimum Gasteiger partial charge on any atom is -0.493 e. The predicted octanol–water partition coefficient (Wildman–Crippen LogP) is 3.33. The number of para-hydroxylation sites is 1. The van der Waals surface area contributed by atoms with Gasteiger partial charge in [0, 0.05) is 5.41 Å². The lowest BCUT2D eigenvalue weighted by atomic mass is 9.90. The highest BCUT2D eigenvalue weighted by atomic mass is 32.1. The number of hydrogen-bond donors (Lipinski definition) is 1. The second kappa shape index (κ2) is 6.01. The molecule has 1 rings (SSSR count). The van der Waals surface area contributed by atoms with E-state index in [-0.39, 0.29) is 5.41 Å². The Hall–Kier alpha value is -1.09. The Kier molecular flexibility index (Phi) is 4.94. The van der Waals surface area contributed by atoms with Crippen molar-refractivity contribution in [2.45, 2.75) is 33.6 Å². The molecule has 0 saturated carbocycles. The maximum absolute atomic E-state index is 5.80. The molecule has 1 aromatic rings. The molecule has 0 aliphatic rings. The van der Waals surface area contributed by atoms with Crippen molar-refractivity contribution in [3.05, 3.63) is 29.8 Å². The molecule has 2 nitrogen and oxygen atoms in total. The van der Waals surface area contributed by atoms with Gasteiger partial charge in [-0.15, -0.1) is 0 Å². The third-order valence-electron chi connectivity index (χ3n) is 3.01. The fraction of sp³-hybridized carbons (Fsp3) is 0.500. The van der Waals surface area contributed by atoms with E-state index in [0.29, 0.717) is 11.6 Å². The number of nitrogens with two attached hydrogens (primary N) is 1. The average molecular weight is 251 g/mol. The van der Waals surface area contributed by atoms with Gasteiger partial charge in [-0.3, -0.25) is 0 Å². The largest absolute Gasteiger partial charge is 0.493 e. The minimum absolute atomic E-state index is 0.142. The van der Waals surface area contributed by atoms with Crippen molar-refractivity contribution in [3.63, 3.8) is 0 Å². The van der Waals surface area contributed by atoms with Gasteiger partial charge < -0.3 is 10.5 Å². The fourth-order valence-electron chi connectivity index (χ4n) is 1.48. The molecule has 0 aliphatic heterocycles. The zero-order chi connectivity index (χ0) is 12.9. The summed E-state index contributed by atoms with van der Waals surface area (Å²) in [5.41, 5.74) is 6.78. The molecule has 3 heteroatoms. The van der Waals surface area contributed by atoms with Crippen molar-refractivity contribution >= 4 is 17.2 Å². The van der Waals surface area contributed by atoms with E-state index in [1.54, 1.807) is 0 Å². The quantitative estimate of drug-likeness (QED) is 0.788. The SMILES string of the molecule is CCc1ccccc1OCCC(C)(C)C(N)=S. The van der Waals surface area contributed by atoms with Crippen molar-refractivity contribution in [1.29, 1.82) is 0 Å². The molecule has 0 heterocycles. The average Bonchev–Trinajstić information content (AvgIpc) is 2.29. The van der Waals surface area contributed by atoms with Crippen LogP contribution in [-0.4, -0.2) is 11.6 Å². The molecule has 17 heavy (non-hydrogen) atoms. The lowest BCUT2D eigenvalue weighted by molar-refractivity contribution is 0.268. The molecule has 0 amide bonds. The van der Waals surface area contributed by atoms with Gasteiger partial charge in [0.1, 0.15) is 5.75 Å². The van der Waals surface area contributed by atoms with Gasteiger partial charge in [0.05, 0.1) is 11.6 Å². The summed E-state index contributed by atoms with van der Waals surface area (Å²) >= 11 is 5.03. The number of benzene rings is 1. The number of ether oxygens (including phenoxy) is 1. The van der Waals surface area contributed by atoms with E-state index >= 15 is 0 Å². The monoisotopic (exact) mass is 251 g/mol. The van der Waals surface area contributed by atoms with E-state index in [2.05, 4.69) is 13.0 Å². The van der Waals surface area contributed by atoms with E-state index in [1.807, 2.05) is 32.0 Å².